The van der Waals surface area contributed by atoms with Gasteiger partial charge in [-0.05, 0) is 56.3 Å². The van der Waals surface area contributed by atoms with Crippen LogP contribution in [0.15, 0.2) is 10.9 Å². The molecule has 1 aliphatic rings. The van der Waals surface area contributed by atoms with E-state index in [2.05, 4.69) is 0 Å². The van der Waals surface area contributed by atoms with Gasteiger partial charge in [0.1, 0.15) is 0 Å². The molecule has 0 unspecified atom stereocenters. The average molecular weight is 240 g/mol. The zero-order valence-electron chi connectivity index (χ0n) is 9.42. The Kier molecular flexibility index (Phi) is 2.89. The molecule has 0 radical (unpaired) electrons. The summed E-state index contributed by atoms with van der Waals surface area (Å²) in [5.41, 5.74) is 2.02. The van der Waals surface area contributed by atoms with E-state index in [-0.39, 0.29) is 17.2 Å². The van der Waals surface area contributed by atoms with Crippen LogP contribution in [-0.2, 0) is 12.8 Å². The smallest absolute Gasteiger partial charge is 0.263 e. The summed E-state index contributed by atoms with van der Waals surface area (Å²) in [5.74, 6) is 0. The van der Waals surface area contributed by atoms with Crippen LogP contribution >= 0.6 is 11.6 Å². The van der Waals surface area contributed by atoms with Crippen molar-refractivity contribution in [2.24, 2.45) is 0 Å². The first kappa shape index (κ1) is 11.4. The molecule has 2 rings (SSSR count). The Morgan fingerprint density at radius 3 is 2.69 bits per heavy atom. The van der Waals surface area contributed by atoms with Crippen LogP contribution in [0.25, 0.3) is 0 Å². The third-order valence-electron chi connectivity index (χ3n) is 3.02. The van der Waals surface area contributed by atoms with E-state index in [0.717, 1.165) is 30.5 Å². The first-order valence-electron chi connectivity index (χ1n) is 5.49. The van der Waals surface area contributed by atoms with Crippen molar-refractivity contribution in [1.82, 2.24) is 4.57 Å². The summed E-state index contributed by atoms with van der Waals surface area (Å²) in [4.78, 5) is 23.3. The average Bonchev–Trinajstić information content (AvgIpc) is 2.62. The lowest BCUT2D eigenvalue weighted by atomic mass is 10.1. The highest BCUT2D eigenvalue weighted by atomic mass is 35.5. The standard InChI is InChI=1S/C12H14ClNO2/c1-7(2)14-10-5-3-4-8(10)6-9(11(13)15)12(14)16/h6-7H,3-5H2,1-2H3. The summed E-state index contributed by atoms with van der Waals surface area (Å²) < 4.78 is 1.71. The molecule has 1 aromatic heterocycles. The molecular formula is C12H14ClNO2. The minimum Gasteiger partial charge on any atom is -0.309 e. The SMILES string of the molecule is CC(C)n1c2c(cc(C(=O)Cl)c1=O)CCC2. The molecular weight excluding hydrogens is 226 g/mol. The molecule has 3 nitrogen and oxygen atoms in total. The van der Waals surface area contributed by atoms with Gasteiger partial charge in [-0.15, -0.1) is 0 Å². The normalized spacial score (nSPS) is 14.2. The molecule has 86 valence electrons. The van der Waals surface area contributed by atoms with Crippen molar-refractivity contribution >= 4 is 16.8 Å². The molecule has 0 amide bonds. The van der Waals surface area contributed by atoms with Crippen LogP contribution < -0.4 is 5.56 Å². The molecule has 0 N–H and O–H groups in total. The fourth-order valence-corrected chi connectivity index (χ4v) is 2.49. The van der Waals surface area contributed by atoms with Gasteiger partial charge in [0, 0.05) is 11.7 Å². The van der Waals surface area contributed by atoms with Crippen molar-refractivity contribution in [3.8, 4) is 0 Å². The topological polar surface area (TPSA) is 39.1 Å². The number of fused-ring (bicyclic) bond motifs is 1. The van der Waals surface area contributed by atoms with Crippen molar-refractivity contribution in [1.29, 1.82) is 0 Å². The van der Waals surface area contributed by atoms with Crippen LogP contribution in [0.3, 0.4) is 0 Å². The van der Waals surface area contributed by atoms with E-state index in [9.17, 15) is 9.59 Å². The molecule has 0 fully saturated rings. The second kappa shape index (κ2) is 4.06. The highest BCUT2D eigenvalue weighted by Crippen LogP contribution is 2.23. The number of carbonyl (C=O) groups excluding carboxylic acids is 1. The highest BCUT2D eigenvalue weighted by molar-refractivity contribution is 6.67. The molecule has 4 heteroatoms. The second-order valence-corrected chi connectivity index (χ2v) is 4.77. The van der Waals surface area contributed by atoms with Gasteiger partial charge in [-0.2, -0.15) is 0 Å². The summed E-state index contributed by atoms with van der Waals surface area (Å²) in [5, 5.41) is -0.658. The molecule has 0 saturated carbocycles. The maximum Gasteiger partial charge on any atom is 0.263 e. The van der Waals surface area contributed by atoms with Crippen LogP contribution in [0.5, 0.6) is 0 Å². The monoisotopic (exact) mass is 239 g/mol. The van der Waals surface area contributed by atoms with Crippen molar-refractivity contribution in [3.63, 3.8) is 0 Å². The lowest BCUT2D eigenvalue weighted by molar-refractivity contribution is 0.107. The minimum absolute atomic E-state index is 0.0651. The molecule has 1 aliphatic carbocycles. The van der Waals surface area contributed by atoms with Gasteiger partial charge in [0.05, 0.1) is 5.56 Å². The zero-order valence-corrected chi connectivity index (χ0v) is 10.2. The largest absolute Gasteiger partial charge is 0.309 e. The molecule has 1 aromatic rings. The van der Waals surface area contributed by atoms with Gasteiger partial charge < -0.3 is 4.57 Å². The molecule has 0 bridgehead atoms. The van der Waals surface area contributed by atoms with Gasteiger partial charge in [0.2, 0.25) is 0 Å². The molecule has 0 aromatic carbocycles. The molecule has 0 atom stereocenters. The molecule has 0 spiro atoms. The van der Waals surface area contributed by atoms with Crippen molar-refractivity contribution in [2.45, 2.75) is 39.2 Å². The van der Waals surface area contributed by atoms with Crippen LogP contribution in [-0.4, -0.2) is 9.81 Å². The number of pyridine rings is 1. The van der Waals surface area contributed by atoms with Crippen LogP contribution in [0.1, 0.15) is 47.9 Å². The minimum atomic E-state index is -0.658. The summed E-state index contributed by atoms with van der Waals surface area (Å²) in [6.07, 6.45) is 2.89. The predicted octanol–water partition coefficient (Wildman–Crippen LogP) is 2.30. The van der Waals surface area contributed by atoms with E-state index in [0.29, 0.717) is 0 Å². The summed E-state index contributed by atoms with van der Waals surface area (Å²) in [6, 6.07) is 1.73. The predicted molar refractivity (Wildman–Crippen MR) is 63.3 cm³/mol. The van der Waals surface area contributed by atoms with Gasteiger partial charge in [-0.1, -0.05) is 0 Å². The fourth-order valence-electron chi connectivity index (χ4n) is 2.36. The van der Waals surface area contributed by atoms with Crippen molar-refractivity contribution in [2.75, 3.05) is 0 Å². The van der Waals surface area contributed by atoms with Gasteiger partial charge in [-0.3, -0.25) is 9.59 Å². The summed E-state index contributed by atoms with van der Waals surface area (Å²) >= 11 is 5.43. The Bertz CT molecular complexity index is 502. The number of aryl methyl sites for hydroxylation is 1. The van der Waals surface area contributed by atoms with Gasteiger partial charge in [-0.25, -0.2) is 0 Å². The lowest BCUT2D eigenvalue weighted by Crippen LogP contribution is -2.29. The van der Waals surface area contributed by atoms with Crippen LogP contribution in [0.4, 0.5) is 0 Å². The summed E-state index contributed by atoms with van der Waals surface area (Å²) in [7, 11) is 0. The van der Waals surface area contributed by atoms with E-state index < -0.39 is 5.24 Å². The molecule has 0 aliphatic heterocycles. The number of nitrogens with zero attached hydrogens (tertiary/aromatic N) is 1. The number of hydrogen-bond donors (Lipinski definition) is 0. The lowest BCUT2D eigenvalue weighted by Gasteiger charge is -2.16. The zero-order chi connectivity index (χ0) is 11.9. The van der Waals surface area contributed by atoms with Crippen LogP contribution in [0, 0.1) is 0 Å². The first-order valence-corrected chi connectivity index (χ1v) is 5.87. The van der Waals surface area contributed by atoms with E-state index in [1.165, 1.54) is 0 Å². The van der Waals surface area contributed by atoms with Gasteiger partial charge in [0.15, 0.2) is 0 Å². The van der Waals surface area contributed by atoms with E-state index >= 15 is 0 Å². The first-order chi connectivity index (χ1) is 7.52. The van der Waals surface area contributed by atoms with Gasteiger partial charge in [0.25, 0.3) is 10.8 Å². The number of hydrogen-bond acceptors (Lipinski definition) is 2. The van der Waals surface area contributed by atoms with Crippen molar-refractivity contribution < 1.29 is 4.79 Å². The van der Waals surface area contributed by atoms with E-state index in [4.69, 9.17) is 11.6 Å². The highest BCUT2D eigenvalue weighted by Gasteiger charge is 2.22. The molecule has 0 saturated heterocycles. The van der Waals surface area contributed by atoms with Crippen molar-refractivity contribution in [3.05, 3.63) is 33.2 Å². The summed E-state index contributed by atoms with van der Waals surface area (Å²) in [6.45, 7) is 3.89. The third kappa shape index (κ3) is 1.69. The molecule has 16 heavy (non-hydrogen) atoms. The Morgan fingerprint density at radius 2 is 2.12 bits per heavy atom. The Labute approximate surface area is 99.0 Å². The van der Waals surface area contributed by atoms with Gasteiger partial charge >= 0.3 is 0 Å². The Morgan fingerprint density at radius 1 is 1.44 bits per heavy atom. The number of carbonyl (C=O) groups is 1. The number of aromatic nitrogens is 1. The Balaban J connectivity index is 2.75. The quantitative estimate of drug-likeness (QED) is 0.743. The maximum atomic E-state index is 12.1. The van der Waals surface area contributed by atoms with Crippen LogP contribution in [0.2, 0.25) is 0 Å². The fraction of sp³-hybridized carbons (Fsp3) is 0.500. The maximum absolute atomic E-state index is 12.1. The van der Waals surface area contributed by atoms with E-state index in [1.54, 1.807) is 10.6 Å². The second-order valence-electron chi connectivity index (χ2n) is 4.43. The Hall–Kier alpha value is -1.09. The van der Waals surface area contributed by atoms with E-state index in [1.807, 2.05) is 13.8 Å². The molecule has 1 heterocycles. The third-order valence-corrected chi connectivity index (χ3v) is 3.22. The number of halogens is 1. The number of rotatable bonds is 2.